The Labute approximate surface area is 116 Å². The van der Waals surface area contributed by atoms with Gasteiger partial charge >= 0.3 is 0 Å². The summed E-state index contributed by atoms with van der Waals surface area (Å²) in [6.07, 6.45) is 10.5. The maximum Gasteiger partial charge on any atom is 0.0127 e. The van der Waals surface area contributed by atoms with Gasteiger partial charge in [0.25, 0.3) is 0 Å². The highest BCUT2D eigenvalue weighted by atomic mass is 15.0. The van der Waals surface area contributed by atoms with Crippen LogP contribution in [0.2, 0.25) is 0 Å². The smallest absolute Gasteiger partial charge is 0.0127 e. The highest BCUT2D eigenvalue weighted by molar-refractivity contribution is 5.28. The third-order valence-corrected chi connectivity index (χ3v) is 7.95. The number of nitrogens with one attached hydrogen (secondary N) is 1. The molecule has 0 aromatic carbocycles. The van der Waals surface area contributed by atoms with Gasteiger partial charge in [-0.05, 0) is 92.5 Å². The maximum atomic E-state index is 5.99. The molecule has 8 atom stereocenters. The summed E-state index contributed by atoms with van der Waals surface area (Å²) in [5.41, 5.74) is 6.89. The van der Waals surface area contributed by atoms with Crippen molar-refractivity contribution < 1.29 is 0 Å². The van der Waals surface area contributed by atoms with E-state index in [0.717, 1.165) is 53.5 Å². The predicted octanol–water partition coefficient (Wildman–Crippen LogP) is 2.39. The first-order valence-electron chi connectivity index (χ1n) is 8.78. The Morgan fingerprint density at radius 2 is 2.11 bits per heavy atom. The molecule has 0 heterocycles. The van der Waals surface area contributed by atoms with Crippen molar-refractivity contribution in [3.8, 4) is 0 Å². The second-order valence-corrected chi connectivity index (χ2v) is 8.32. The molecule has 0 aromatic rings. The first-order chi connectivity index (χ1) is 9.34. The number of fused-ring (bicyclic) bond motifs is 2. The van der Waals surface area contributed by atoms with Crippen molar-refractivity contribution in [2.24, 2.45) is 46.7 Å². The summed E-state index contributed by atoms with van der Waals surface area (Å²) >= 11 is 0. The normalized spacial score (nSPS) is 60.8. The SMILES string of the molecule is NCC1CC2CCCC1[C@@H]2NCC1C2CCC3CC321. The highest BCUT2D eigenvalue weighted by Crippen LogP contribution is 2.85. The first-order valence-corrected chi connectivity index (χ1v) is 8.78. The third kappa shape index (κ3) is 1.40. The molecule has 0 aromatic heterocycles. The van der Waals surface area contributed by atoms with E-state index in [0.29, 0.717) is 0 Å². The molecule has 3 N–H and O–H groups in total. The fraction of sp³-hybridized carbons (Fsp3) is 1.00. The van der Waals surface area contributed by atoms with Gasteiger partial charge in [0.2, 0.25) is 0 Å². The largest absolute Gasteiger partial charge is 0.330 e. The minimum atomic E-state index is 0.829. The van der Waals surface area contributed by atoms with E-state index >= 15 is 0 Å². The van der Waals surface area contributed by atoms with E-state index in [1.54, 1.807) is 19.3 Å². The molecule has 106 valence electrons. The van der Waals surface area contributed by atoms with Crippen molar-refractivity contribution in [2.45, 2.75) is 51.0 Å². The fourth-order valence-corrected chi connectivity index (χ4v) is 6.99. The number of hydrogen-bond donors (Lipinski definition) is 2. The topological polar surface area (TPSA) is 38.0 Å². The molecule has 2 nitrogen and oxygen atoms in total. The monoisotopic (exact) mass is 260 g/mol. The predicted molar refractivity (Wildman–Crippen MR) is 76.5 cm³/mol. The Hall–Kier alpha value is -0.0800. The van der Waals surface area contributed by atoms with Crippen LogP contribution in [-0.2, 0) is 0 Å². The molecule has 5 aliphatic rings. The zero-order valence-corrected chi connectivity index (χ0v) is 12.0. The Morgan fingerprint density at radius 3 is 2.84 bits per heavy atom. The van der Waals surface area contributed by atoms with Crippen molar-refractivity contribution in [3.63, 3.8) is 0 Å². The van der Waals surface area contributed by atoms with Gasteiger partial charge in [-0.25, -0.2) is 0 Å². The molecule has 2 heteroatoms. The van der Waals surface area contributed by atoms with Crippen LogP contribution in [0, 0.1) is 40.9 Å². The molecule has 2 bridgehead atoms. The van der Waals surface area contributed by atoms with Crippen LogP contribution in [-0.4, -0.2) is 19.1 Å². The Balaban J connectivity index is 1.23. The van der Waals surface area contributed by atoms with Crippen LogP contribution in [0.25, 0.3) is 0 Å². The van der Waals surface area contributed by atoms with Crippen molar-refractivity contribution >= 4 is 0 Å². The number of nitrogens with two attached hydrogens (primary N) is 1. The van der Waals surface area contributed by atoms with Crippen LogP contribution in [0.3, 0.4) is 0 Å². The van der Waals surface area contributed by atoms with E-state index in [-0.39, 0.29) is 0 Å². The second-order valence-electron chi connectivity index (χ2n) is 8.32. The molecule has 5 fully saturated rings. The van der Waals surface area contributed by atoms with E-state index in [4.69, 9.17) is 5.73 Å². The summed E-state index contributed by atoms with van der Waals surface area (Å²) in [5.74, 6) is 6.06. The molecular weight excluding hydrogens is 232 g/mol. The molecule has 0 aliphatic heterocycles. The lowest BCUT2D eigenvalue weighted by Gasteiger charge is -2.32. The summed E-state index contributed by atoms with van der Waals surface area (Å²) < 4.78 is 0. The van der Waals surface area contributed by atoms with Gasteiger partial charge in [-0.2, -0.15) is 0 Å². The highest BCUT2D eigenvalue weighted by Gasteiger charge is 2.79. The van der Waals surface area contributed by atoms with Gasteiger partial charge in [-0.1, -0.05) is 6.42 Å². The van der Waals surface area contributed by atoms with Gasteiger partial charge in [0.1, 0.15) is 0 Å². The summed E-state index contributed by atoms with van der Waals surface area (Å²) in [5, 5.41) is 4.03. The zero-order valence-electron chi connectivity index (χ0n) is 12.0. The van der Waals surface area contributed by atoms with Crippen LogP contribution >= 0.6 is 0 Å². The van der Waals surface area contributed by atoms with Gasteiger partial charge in [0.05, 0.1) is 0 Å². The Morgan fingerprint density at radius 1 is 1.16 bits per heavy atom. The lowest BCUT2D eigenvalue weighted by molar-refractivity contribution is 0.233. The lowest BCUT2D eigenvalue weighted by atomic mass is 9.82. The summed E-state index contributed by atoms with van der Waals surface area (Å²) in [4.78, 5) is 0. The van der Waals surface area contributed by atoms with Crippen LogP contribution in [0.4, 0.5) is 0 Å². The number of hydrogen-bond acceptors (Lipinski definition) is 2. The van der Waals surface area contributed by atoms with E-state index in [2.05, 4.69) is 5.32 Å². The molecule has 0 saturated heterocycles. The molecule has 0 amide bonds. The lowest BCUT2D eigenvalue weighted by Crippen LogP contribution is -2.42. The molecule has 5 saturated carbocycles. The van der Waals surface area contributed by atoms with E-state index in [1.165, 1.54) is 32.2 Å². The van der Waals surface area contributed by atoms with Crippen LogP contribution in [0.1, 0.15) is 44.9 Å². The molecule has 19 heavy (non-hydrogen) atoms. The standard InChI is InChI=1S/C17H28N2/c18-8-11-6-10-2-1-3-13(11)16(10)19-9-15-14-5-4-12-7-17(12,14)15/h10-16,19H,1-9,18H2/t10?,11?,12?,13?,14?,15?,16-,17?/m1/s1. The zero-order chi connectivity index (χ0) is 12.6. The second kappa shape index (κ2) is 3.76. The number of rotatable bonds is 4. The first kappa shape index (κ1) is 11.6. The third-order valence-electron chi connectivity index (χ3n) is 7.95. The minimum Gasteiger partial charge on any atom is -0.330 e. The van der Waals surface area contributed by atoms with Gasteiger partial charge in [0.15, 0.2) is 0 Å². The van der Waals surface area contributed by atoms with E-state index in [9.17, 15) is 0 Å². The summed E-state index contributed by atoms with van der Waals surface area (Å²) in [7, 11) is 0. The average molecular weight is 260 g/mol. The Bertz CT molecular complexity index is 395. The van der Waals surface area contributed by atoms with Crippen LogP contribution < -0.4 is 11.1 Å². The molecule has 5 aliphatic carbocycles. The average Bonchev–Trinajstić information content (AvgIpc) is 3.26. The van der Waals surface area contributed by atoms with Gasteiger partial charge in [-0.15, -0.1) is 0 Å². The quantitative estimate of drug-likeness (QED) is 0.814. The molecule has 0 radical (unpaired) electrons. The van der Waals surface area contributed by atoms with Gasteiger partial charge in [-0.3, -0.25) is 0 Å². The van der Waals surface area contributed by atoms with Crippen molar-refractivity contribution in [1.82, 2.24) is 5.32 Å². The molecule has 1 spiro atoms. The van der Waals surface area contributed by atoms with Crippen LogP contribution in [0.5, 0.6) is 0 Å². The van der Waals surface area contributed by atoms with Crippen molar-refractivity contribution in [1.29, 1.82) is 0 Å². The maximum absolute atomic E-state index is 5.99. The van der Waals surface area contributed by atoms with Crippen molar-refractivity contribution in [2.75, 3.05) is 13.1 Å². The van der Waals surface area contributed by atoms with Gasteiger partial charge in [0, 0.05) is 6.04 Å². The molecular formula is C17H28N2. The van der Waals surface area contributed by atoms with E-state index < -0.39 is 0 Å². The summed E-state index contributed by atoms with van der Waals surface area (Å²) in [6, 6.07) is 0.831. The van der Waals surface area contributed by atoms with Gasteiger partial charge < -0.3 is 11.1 Å². The van der Waals surface area contributed by atoms with Crippen LogP contribution in [0.15, 0.2) is 0 Å². The fourth-order valence-electron chi connectivity index (χ4n) is 6.99. The van der Waals surface area contributed by atoms with Crippen molar-refractivity contribution in [3.05, 3.63) is 0 Å². The molecule has 5 rings (SSSR count). The van der Waals surface area contributed by atoms with E-state index in [1.807, 2.05) is 0 Å². The molecule has 7 unspecified atom stereocenters. The Kier molecular flexibility index (Phi) is 2.29. The summed E-state index contributed by atoms with van der Waals surface area (Å²) in [6.45, 7) is 2.27. The minimum absolute atomic E-state index is 0.829.